The molecule has 2 saturated carbocycles. The predicted molar refractivity (Wildman–Crippen MR) is 118 cm³/mol. The first-order valence-corrected chi connectivity index (χ1v) is 11.4. The predicted octanol–water partition coefficient (Wildman–Crippen LogP) is 1.53. The third kappa shape index (κ3) is 3.61. The number of pyridine rings is 1. The van der Waals surface area contributed by atoms with Crippen molar-refractivity contribution in [2.75, 3.05) is 0 Å². The van der Waals surface area contributed by atoms with Crippen LogP contribution in [0.2, 0.25) is 0 Å². The number of aryl methyl sites for hydroxylation is 1. The van der Waals surface area contributed by atoms with Crippen molar-refractivity contribution in [1.29, 1.82) is 0 Å². The Bertz CT molecular complexity index is 1150. The van der Waals surface area contributed by atoms with E-state index in [4.69, 9.17) is 28.9 Å². The number of nitrogens with zero attached hydrogens (tertiary/aromatic N) is 4. The minimum absolute atomic E-state index is 0.00786. The minimum atomic E-state index is -0.786. The lowest BCUT2D eigenvalue weighted by atomic mass is 10.1. The van der Waals surface area contributed by atoms with E-state index in [9.17, 15) is 14.4 Å². The number of fused-ring (bicyclic) bond motifs is 2. The molecule has 0 aromatic carbocycles. The number of nitrogens with two attached hydrogens (primary N) is 1. The van der Waals surface area contributed by atoms with Gasteiger partial charge in [0.2, 0.25) is 11.8 Å². The van der Waals surface area contributed by atoms with E-state index in [1.165, 1.54) is 4.68 Å². The average Bonchev–Trinajstić information content (AvgIpc) is 3.52. The summed E-state index contributed by atoms with van der Waals surface area (Å²) in [5.41, 5.74) is 6.84. The van der Waals surface area contributed by atoms with Gasteiger partial charge in [0, 0.05) is 29.1 Å². The van der Waals surface area contributed by atoms with Crippen molar-refractivity contribution in [1.82, 2.24) is 25.0 Å². The third-order valence-corrected chi connectivity index (χ3v) is 7.70. The summed E-state index contributed by atoms with van der Waals surface area (Å²) in [4.78, 5) is 44.1. The van der Waals surface area contributed by atoms with Gasteiger partial charge < -0.3 is 16.0 Å². The van der Waals surface area contributed by atoms with E-state index >= 15 is 0 Å². The van der Waals surface area contributed by atoms with Gasteiger partial charge in [-0.25, -0.2) is 0 Å². The number of nitrogens with one attached hydrogen (secondary N) is 1. The highest BCUT2D eigenvalue weighted by molar-refractivity contribution is 6.50. The van der Waals surface area contributed by atoms with Gasteiger partial charge >= 0.3 is 0 Å². The van der Waals surface area contributed by atoms with Gasteiger partial charge in [-0.1, -0.05) is 0 Å². The van der Waals surface area contributed by atoms with Gasteiger partial charge in [0.05, 0.1) is 11.7 Å². The van der Waals surface area contributed by atoms with Gasteiger partial charge in [-0.2, -0.15) is 5.10 Å². The summed E-state index contributed by atoms with van der Waals surface area (Å²) in [5, 5.41) is 7.82. The van der Waals surface area contributed by atoms with Crippen molar-refractivity contribution in [2.45, 2.75) is 62.1 Å². The molecule has 3 heterocycles. The van der Waals surface area contributed by atoms with Crippen LogP contribution >= 0.6 is 23.2 Å². The monoisotopic (exact) mass is 478 g/mol. The van der Waals surface area contributed by atoms with Crippen LogP contribution in [0.3, 0.4) is 0 Å². The summed E-state index contributed by atoms with van der Waals surface area (Å²) >= 11 is 12.3. The molecule has 11 heteroatoms. The standard InChI is InChI=1S/C21H24Cl2N6O3/c1-9-3-12-16(7-25-9)28(27-18(12)19(24)31)8-17(30)29-14-4-11(14)5-15(29)20(32)26-10(2)13-6-21(13,22)23/h3,7,10-11,13-15H,4-6,8H2,1-2H3,(H2,24,31)(H,26,32)/t10-,11-,13-,14-,15+/m1/s1. The summed E-state index contributed by atoms with van der Waals surface area (Å²) in [6.07, 6.45) is 3.75. The van der Waals surface area contributed by atoms with Crippen molar-refractivity contribution in [3.63, 3.8) is 0 Å². The first kappa shape index (κ1) is 21.5. The molecule has 2 aromatic heterocycles. The summed E-state index contributed by atoms with van der Waals surface area (Å²) in [6.45, 7) is 3.58. The van der Waals surface area contributed by atoms with Gasteiger partial charge in [0.25, 0.3) is 5.91 Å². The smallest absolute Gasteiger partial charge is 0.269 e. The normalized spacial score (nSPS) is 28.3. The summed E-state index contributed by atoms with van der Waals surface area (Å²) in [7, 11) is 0. The highest BCUT2D eigenvalue weighted by Gasteiger charge is 2.58. The van der Waals surface area contributed by atoms with Crippen molar-refractivity contribution in [3.8, 4) is 0 Å². The van der Waals surface area contributed by atoms with Gasteiger partial charge in [-0.3, -0.25) is 24.0 Å². The Morgan fingerprint density at radius 1 is 1.34 bits per heavy atom. The summed E-state index contributed by atoms with van der Waals surface area (Å²) in [5.74, 6) is -0.732. The molecule has 3 amide bonds. The lowest BCUT2D eigenvalue weighted by Gasteiger charge is -2.28. The highest BCUT2D eigenvalue weighted by Crippen LogP contribution is 2.55. The molecule has 1 aliphatic heterocycles. The van der Waals surface area contributed by atoms with Crippen LogP contribution in [0.4, 0.5) is 0 Å². The summed E-state index contributed by atoms with van der Waals surface area (Å²) in [6, 6.07) is 1.08. The first-order chi connectivity index (χ1) is 15.1. The third-order valence-electron chi connectivity index (χ3n) is 6.83. The molecule has 0 bridgehead atoms. The highest BCUT2D eigenvalue weighted by atomic mass is 35.5. The van der Waals surface area contributed by atoms with Crippen LogP contribution in [0.25, 0.3) is 10.9 Å². The second-order valence-electron chi connectivity index (χ2n) is 9.20. The van der Waals surface area contributed by atoms with Crippen LogP contribution < -0.4 is 11.1 Å². The lowest BCUT2D eigenvalue weighted by molar-refractivity contribution is -0.140. The number of carbonyl (C=O) groups excluding carboxylic acids is 3. The largest absolute Gasteiger partial charge is 0.364 e. The van der Waals surface area contributed by atoms with Crippen LogP contribution in [0.5, 0.6) is 0 Å². The number of piperidine rings is 1. The molecule has 32 heavy (non-hydrogen) atoms. The number of halogens is 2. The molecule has 0 spiro atoms. The number of rotatable bonds is 6. The lowest BCUT2D eigenvalue weighted by Crippen LogP contribution is -2.51. The van der Waals surface area contributed by atoms with Crippen LogP contribution in [0.15, 0.2) is 12.3 Å². The van der Waals surface area contributed by atoms with E-state index < -0.39 is 16.3 Å². The van der Waals surface area contributed by atoms with Crippen molar-refractivity contribution in [2.24, 2.45) is 17.6 Å². The molecule has 5 atom stereocenters. The molecule has 2 aliphatic carbocycles. The number of hydrogen-bond donors (Lipinski definition) is 2. The number of aromatic nitrogens is 3. The van der Waals surface area contributed by atoms with Crippen LogP contribution in [0.1, 0.15) is 42.4 Å². The molecule has 3 aliphatic rings. The number of amides is 3. The van der Waals surface area contributed by atoms with Gasteiger partial charge in [-0.05, 0) is 45.1 Å². The molecule has 0 radical (unpaired) electrons. The zero-order chi connectivity index (χ0) is 22.9. The Kier molecular flexibility index (Phi) is 4.90. The number of alkyl halides is 2. The maximum atomic E-state index is 13.3. The second-order valence-corrected chi connectivity index (χ2v) is 10.7. The maximum Gasteiger partial charge on any atom is 0.269 e. The van der Waals surface area contributed by atoms with Crippen molar-refractivity contribution in [3.05, 3.63) is 23.7 Å². The van der Waals surface area contributed by atoms with E-state index in [1.807, 2.05) is 6.92 Å². The molecule has 0 unspecified atom stereocenters. The van der Waals surface area contributed by atoms with Crippen LogP contribution in [-0.2, 0) is 16.1 Å². The van der Waals surface area contributed by atoms with E-state index in [-0.39, 0.29) is 42.1 Å². The van der Waals surface area contributed by atoms with E-state index in [0.717, 1.165) is 6.42 Å². The van der Waals surface area contributed by atoms with Crippen molar-refractivity contribution < 1.29 is 14.4 Å². The zero-order valence-corrected chi connectivity index (χ0v) is 19.2. The van der Waals surface area contributed by atoms with Crippen LogP contribution in [0, 0.1) is 18.8 Å². The minimum Gasteiger partial charge on any atom is -0.364 e. The Balaban J connectivity index is 1.35. The van der Waals surface area contributed by atoms with E-state index in [2.05, 4.69) is 15.4 Å². The Labute approximate surface area is 194 Å². The molecular formula is C21H24Cl2N6O3. The molecule has 3 fully saturated rings. The molecule has 5 rings (SSSR count). The fourth-order valence-corrected chi connectivity index (χ4v) is 5.65. The summed E-state index contributed by atoms with van der Waals surface area (Å²) < 4.78 is 0.655. The van der Waals surface area contributed by atoms with E-state index in [0.29, 0.717) is 35.4 Å². The first-order valence-electron chi connectivity index (χ1n) is 10.7. The van der Waals surface area contributed by atoms with Gasteiger partial charge in [0.1, 0.15) is 16.9 Å². The Morgan fingerprint density at radius 2 is 2.06 bits per heavy atom. The SMILES string of the molecule is Cc1cc2c(C(N)=O)nn(CC(=O)N3[C@@H]4C[C@@H]4C[C@H]3C(=O)N[C@H](C)[C@H]3CC3(Cl)Cl)c2cn1. The molecule has 3 N–H and O–H groups in total. The fourth-order valence-electron chi connectivity index (χ4n) is 4.94. The zero-order valence-electron chi connectivity index (χ0n) is 17.7. The number of likely N-dealkylation sites (tertiary alicyclic amines) is 1. The quantitative estimate of drug-likeness (QED) is 0.609. The Hall–Kier alpha value is -2.39. The molecule has 170 valence electrons. The second kappa shape index (κ2) is 7.31. The van der Waals surface area contributed by atoms with Crippen LogP contribution in [-0.4, -0.2) is 59.8 Å². The van der Waals surface area contributed by atoms with Gasteiger partial charge in [0.15, 0.2) is 5.69 Å². The fraction of sp³-hybridized carbons (Fsp3) is 0.571. The maximum absolute atomic E-state index is 13.3. The Morgan fingerprint density at radius 3 is 2.72 bits per heavy atom. The van der Waals surface area contributed by atoms with E-state index in [1.54, 1.807) is 24.1 Å². The number of primary amides is 1. The molecule has 9 nitrogen and oxygen atoms in total. The molecule has 2 aromatic rings. The van der Waals surface area contributed by atoms with Crippen molar-refractivity contribution >= 4 is 51.8 Å². The number of carbonyl (C=O) groups is 3. The number of hydrogen-bond acceptors (Lipinski definition) is 5. The molecular weight excluding hydrogens is 455 g/mol. The molecule has 1 saturated heterocycles. The van der Waals surface area contributed by atoms with Gasteiger partial charge in [-0.15, -0.1) is 23.2 Å². The topological polar surface area (TPSA) is 123 Å². The average molecular weight is 479 g/mol.